The topological polar surface area (TPSA) is 29.5 Å². The van der Waals surface area contributed by atoms with Crippen LogP contribution >= 0.6 is 0 Å². The van der Waals surface area contributed by atoms with Gasteiger partial charge in [0.2, 0.25) is 5.91 Å². The van der Waals surface area contributed by atoms with Crippen LogP contribution in [0.4, 0.5) is 0 Å². The number of para-hydroxylation sites is 1. The first kappa shape index (κ1) is 16.6. The smallest absolute Gasteiger partial charge is 0.223 e. The second-order valence-corrected chi connectivity index (χ2v) is 6.60. The highest BCUT2D eigenvalue weighted by molar-refractivity contribution is 5.77. The molecule has 126 valence electrons. The van der Waals surface area contributed by atoms with Crippen molar-refractivity contribution in [2.24, 2.45) is 5.92 Å². The molecule has 0 spiro atoms. The molecule has 0 radical (unpaired) electrons. The maximum Gasteiger partial charge on any atom is 0.223 e. The van der Waals surface area contributed by atoms with Gasteiger partial charge >= 0.3 is 0 Å². The molecular formula is C21H25NO2. The van der Waals surface area contributed by atoms with Crippen LogP contribution in [0.1, 0.15) is 36.9 Å². The Morgan fingerprint density at radius 2 is 1.83 bits per heavy atom. The van der Waals surface area contributed by atoms with Gasteiger partial charge in [0, 0.05) is 13.0 Å². The number of ether oxygens (including phenoxy) is 1. The molecule has 0 saturated carbocycles. The van der Waals surface area contributed by atoms with Crippen molar-refractivity contribution in [3.05, 3.63) is 65.7 Å². The highest BCUT2D eigenvalue weighted by Crippen LogP contribution is 2.38. The Morgan fingerprint density at radius 3 is 2.54 bits per heavy atom. The lowest BCUT2D eigenvalue weighted by Gasteiger charge is -2.47. The second kappa shape index (κ2) is 7.52. The molecule has 3 nitrogen and oxygen atoms in total. The fraction of sp³-hybridized carbons (Fsp3) is 0.381. The number of aryl methyl sites for hydroxylation is 1. The molecule has 0 bridgehead atoms. The van der Waals surface area contributed by atoms with Crippen molar-refractivity contribution in [2.75, 3.05) is 13.2 Å². The van der Waals surface area contributed by atoms with E-state index in [1.54, 1.807) is 0 Å². The summed E-state index contributed by atoms with van der Waals surface area (Å²) in [6.07, 6.45) is 1.29. The number of nitrogens with zero attached hydrogens (tertiary/aromatic N) is 1. The van der Waals surface area contributed by atoms with Crippen molar-refractivity contribution in [3.63, 3.8) is 0 Å². The van der Waals surface area contributed by atoms with Crippen LogP contribution in [0.3, 0.4) is 0 Å². The summed E-state index contributed by atoms with van der Waals surface area (Å²) in [4.78, 5) is 14.5. The van der Waals surface area contributed by atoms with E-state index in [2.05, 4.69) is 19.1 Å². The lowest BCUT2D eigenvalue weighted by atomic mass is 9.84. The van der Waals surface area contributed by atoms with Gasteiger partial charge in [-0.25, -0.2) is 0 Å². The van der Waals surface area contributed by atoms with Crippen LogP contribution < -0.4 is 4.74 Å². The molecular weight excluding hydrogens is 298 g/mol. The van der Waals surface area contributed by atoms with E-state index in [1.807, 2.05) is 54.3 Å². The zero-order valence-corrected chi connectivity index (χ0v) is 14.4. The van der Waals surface area contributed by atoms with E-state index in [0.29, 0.717) is 18.9 Å². The monoisotopic (exact) mass is 323 g/mol. The molecule has 2 aromatic carbocycles. The Hall–Kier alpha value is -2.29. The predicted octanol–water partition coefficient (Wildman–Crippen LogP) is 4.37. The molecule has 1 aliphatic rings. The lowest BCUT2D eigenvalue weighted by Crippen LogP contribution is -2.51. The zero-order chi connectivity index (χ0) is 16.9. The van der Waals surface area contributed by atoms with E-state index >= 15 is 0 Å². The fourth-order valence-corrected chi connectivity index (χ4v) is 3.38. The first-order valence-electron chi connectivity index (χ1n) is 8.69. The normalized spacial score (nSPS) is 19.7. The third-order valence-electron chi connectivity index (χ3n) is 4.71. The molecule has 0 aromatic heterocycles. The molecule has 1 fully saturated rings. The molecule has 1 saturated heterocycles. The highest BCUT2D eigenvalue weighted by Gasteiger charge is 2.39. The summed E-state index contributed by atoms with van der Waals surface area (Å²) < 4.78 is 5.78. The molecule has 1 amide bonds. The maximum atomic E-state index is 12.5. The number of carbonyl (C=O) groups is 1. The largest absolute Gasteiger partial charge is 0.493 e. The van der Waals surface area contributed by atoms with Gasteiger partial charge in [0.25, 0.3) is 0 Å². The summed E-state index contributed by atoms with van der Waals surface area (Å²) in [6, 6.07) is 18.5. The molecule has 1 heterocycles. The summed E-state index contributed by atoms with van der Waals surface area (Å²) in [6.45, 7) is 5.68. The Bertz CT molecular complexity index is 683. The van der Waals surface area contributed by atoms with E-state index < -0.39 is 0 Å². The molecule has 2 atom stereocenters. The standard InChI is InChI=1S/C21H25NO2/c1-16-9-6-7-12-19(16)24-14-8-13-20(23)22-15-17(2)21(22)18-10-4-3-5-11-18/h3-7,9-12,17,21H,8,13-15H2,1-2H3/t17-,21+/m1/s1. The number of carbonyl (C=O) groups excluding carboxylic acids is 1. The van der Waals surface area contributed by atoms with E-state index in [4.69, 9.17) is 4.74 Å². The Balaban J connectivity index is 1.48. The molecule has 0 N–H and O–H groups in total. The summed E-state index contributed by atoms with van der Waals surface area (Å²) in [5, 5.41) is 0. The van der Waals surface area contributed by atoms with Gasteiger partial charge in [-0.05, 0) is 36.5 Å². The number of likely N-dealkylation sites (tertiary alicyclic amines) is 1. The van der Waals surface area contributed by atoms with Crippen LogP contribution in [-0.2, 0) is 4.79 Å². The quantitative estimate of drug-likeness (QED) is 0.739. The SMILES string of the molecule is Cc1ccccc1OCCCC(=O)N1C[C@@H](C)[C@H]1c1ccccc1. The predicted molar refractivity (Wildman–Crippen MR) is 96.0 cm³/mol. The minimum atomic E-state index is 0.232. The lowest BCUT2D eigenvalue weighted by molar-refractivity contribution is -0.143. The van der Waals surface area contributed by atoms with Crippen molar-refractivity contribution in [1.82, 2.24) is 4.90 Å². The molecule has 3 heteroatoms. The van der Waals surface area contributed by atoms with Gasteiger partial charge in [-0.3, -0.25) is 4.79 Å². The minimum absolute atomic E-state index is 0.232. The molecule has 24 heavy (non-hydrogen) atoms. The number of hydrogen-bond donors (Lipinski definition) is 0. The van der Waals surface area contributed by atoms with Crippen molar-refractivity contribution in [3.8, 4) is 5.75 Å². The van der Waals surface area contributed by atoms with E-state index in [0.717, 1.165) is 24.3 Å². The summed E-state index contributed by atoms with van der Waals surface area (Å²) >= 11 is 0. The molecule has 1 aliphatic heterocycles. The third kappa shape index (κ3) is 3.61. The van der Waals surface area contributed by atoms with Gasteiger partial charge in [0.05, 0.1) is 12.6 Å². The van der Waals surface area contributed by atoms with E-state index in [1.165, 1.54) is 5.56 Å². The maximum absolute atomic E-state index is 12.5. The van der Waals surface area contributed by atoms with Gasteiger partial charge in [-0.1, -0.05) is 55.5 Å². The molecule has 0 aliphatic carbocycles. The second-order valence-electron chi connectivity index (χ2n) is 6.60. The Kier molecular flexibility index (Phi) is 5.19. The average molecular weight is 323 g/mol. The van der Waals surface area contributed by atoms with Crippen molar-refractivity contribution >= 4 is 5.91 Å². The first-order chi connectivity index (χ1) is 11.7. The van der Waals surface area contributed by atoms with Gasteiger partial charge in [0.1, 0.15) is 5.75 Å². The summed E-state index contributed by atoms with van der Waals surface area (Å²) in [7, 11) is 0. The van der Waals surface area contributed by atoms with Crippen LogP contribution in [0, 0.1) is 12.8 Å². The van der Waals surface area contributed by atoms with E-state index in [-0.39, 0.29) is 11.9 Å². The van der Waals surface area contributed by atoms with E-state index in [9.17, 15) is 4.79 Å². The van der Waals surface area contributed by atoms with Crippen molar-refractivity contribution in [1.29, 1.82) is 0 Å². The molecule has 0 unspecified atom stereocenters. The average Bonchev–Trinajstić information content (AvgIpc) is 2.58. The van der Waals surface area contributed by atoms with Crippen molar-refractivity contribution in [2.45, 2.75) is 32.7 Å². The molecule has 3 rings (SSSR count). The van der Waals surface area contributed by atoms with Gasteiger partial charge in [-0.15, -0.1) is 0 Å². The summed E-state index contributed by atoms with van der Waals surface area (Å²) in [5.74, 6) is 1.67. The Labute approximate surface area is 144 Å². The minimum Gasteiger partial charge on any atom is -0.493 e. The number of amides is 1. The zero-order valence-electron chi connectivity index (χ0n) is 14.4. The Morgan fingerprint density at radius 1 is 1.12 bits per heavy atom. The number of hydrogen-bond acceptors (Lipinski definition) is 2. The summed E-state index contributed by atoms with van der Waals surface area (Å²) in [5.41, 5.74) is 2.37. The van der Waals surface area contributed by atoms with Crippen LogP contribution in [0.5, 0.6) is 5.75 Å². The van der Waals surface area contributed by atoms with Gasteiger partial charge in [0.15, 0.2) is 0 Å². The highest BCUT2D eigenvalue weighted by atomic mass is 16.5. The number of benzene rings is 2. The number of rotatable bonds is 6. The van der Waals surface area contributed by atoms with Crippen LogP contribution in [-0.4, -0.2) is 24.0 Å². The van der Waals surface area contributed by atoms with Gasteiger partial charge < -0.3 is 9.64 Å². The van der Waals surface area contributed by atoms with Crippen LogP contribution in [0.25, 0.3) is 0 Å². The third-order valence-corrected chi connectivity index (χ3v) is 4.71. The molecule has 2 aromatic rings. The first-order valence-corrected chi connectivity index (χ1v) is 8.69. The fourth-order valence-electron chi connectivity index (χ4n) is 3.38. The van der Waals surface area contributed by atoms with Crippen LogP contribution in [0.2, 0.25) is 0 Å². The van der Waals surface area contributed by atoms with Crippen LogP contribution in [0.15, 0.2) is 54.6 Å². The van der Waals surface area contributed by atoms with Crippen molar-refractivity contribution < 1.29 is 9.53 Å². The van der Waals surface area contributed by atoms with Gasteiger partial charge in [-0.2, -0.15) is 0 Å².